The average molecular weight is 261 g/mol. The van der Waals surface area contributed by atoms with Gasteiger partial charge in [0.25, 0.3) is 0 Å². The van der Waals surface area contributed by atoms with E-state index < -0.39 is 0 Å². The Balaban J connectivity index is 1.88. The molecule has 0 spiro atoms. The summed E-state index contributed by atoms with van der Waals surface area (Å²) in [5.74, 6) is 0. The lowest BCUT2D eigenvalue weighted by molar-refractivity contribution is 0.210. The number of benzene rings is 1. The molecule has 1 saturated heterocycles. The summed E-state index contributed by atoms with van der Waals surface area (Å²) in [4.78, 5) is 5.17. The Bertz CT molecular complexity index is 352. The number of rotatable bonds is 5. The molecule has 0 aliphatic carbocycles. The lowest BCUT2D eigenvalue weighted by atomic mass is 10.1. The van der Waals surface area contributed by atoms with Gasteiger partial charge in [-0.15, -0.1) is 0 Å². The maximum Gasteiger partial charge on any atom is 0.0320 e. The molecule has 3 nitrogen and oxygen atoms in total. The Hall–Kier alpha value is -0.900. The molecule has 1 atom stereocenters. The SMILES string of the molecule is CC(c1ccccc1)N1CCCN(CCCN)CC1. The van der Waals surface area contributed by atoms with Gasteiger partial charge < -0.3 is 10.6 Å². The first-order valence-electron chi connectivity index (χ1n) is 7.52. The minimum absolute atomic E-state index is 0.524. The van der Waals surface area contributed by atoms with E-state index in [4.69, 9.17) is 5.73 Å². The minimum Gasteiger partial charge on any atom is -0.330 e. The third kappa shape index (κ3) is 4.30. The highest BCUT2D eigenvalue weighted by Gasteiger charge is 2.19. The molecular formula is C16H27N3. The van der Waals surface area contributed by atoms with Crippen LogP contribution in [0.2, 0.25) is 0 Å². The molecule has 19 heavy (non-hydrogen) atoms. The van der Waals surface area contributed by atoms with E-state index in [1.165, 1.54) is 38.2 Å². The third-order valence-electron chi connectivity index (χ3n) is 4.13. The monoisotopic (exact) mass is 261 g/mol. The van der Waals surface area contributed by atoms with E-state index in [1.807, 2.05) is 0 Å². The molecule has 0 radical (unpaired) electrons. The van der Waals surface area contributed by atoms with E-state index in [1.54, 1.807) is 0 Å². The molecule has 106 valence electrons. The zero-order chi connectivity index (χ0) is 13.5. The molecule has 2 rings (SSSR count). The van der Waals surface area contributed by atoms with Crippen molar-refractivity contribution in [1.82, 2.24) is 9.80 Å². The van der Waals surface area contributed by atoms with Crippen LogP contribution in [0, 0.1) is 0 Å². The molecule has 0 saturated carbocycles. The van der Waals surface area contributed by atoms with Crippen LogP contribution in [0.1, 0.15) is 31.4 Å². The molecule has 0 aromatic heterocycles. The zero-order valence-corrected chi connectivity index (χ0v) is 12.1. The molecule has 1 aromatic carbocycles. The average Bonchev–Trinajstić information content (AvgIpc) is 2.71. The first-order valence-corrected chi connectivity index (χ1v) is 7.52. The fraction of sp³-hybridized carbons (Fsp3) is 0.625. The second-order valence-corrected chi connectivity index (χ2v) is 5.46. The maximum absolute atomic E-state index is 5.60. The highest BCUT2D eigenvalue weighted by molar-refractivity contribution is 5.18. The molecule has 1 aromatic rings. The van der Waals surface area contributed by atoms with Gasteiger partial charge in [-0.05, 0) is 45.0 Å². The van der Waals surface area contributed by atoms with Crippen LogP contribution in [-0.4, -0.2) is 49.1 Å². The van der Waals surface area contributed by atoms with E-state index in [0.717, 1.165) is 19.5 Å². The largest absolute Gasteiger partial charge is 0.330 e. The van der Waals surface area contributed by atoms with Gasteiger partial charge in [-0.2, -0.15) is 0 Å². The van der Waals surface area contributed by atoms with Gasteiger partial charge in [-0.3, -0.25) is 4.90 Å². The summed E-state index contributed by atoms with van der Waals surface area (Å²) in [5.41, 5.74) is 7.03. The Morgan fingerprint density at radius 3 is 2.63 bits per heavy atom. The van der Waals surface area contributed by atoms with Crippen LogP contribution in [0.25, 0.3) is 0 Å². The first-order chi connectivity index (χ1) is 9.31. The van der Waals surface area contributed by atoms with Crippen molar-refractivity contribution in [2.24, 2.45) is 5.73 Å². The summed E-state index contributed by atoms with van der Waals surface area (Å²) >= 11 is 0. The smallest absolute Gasteiger partial charge is 0.0320 e. The highest BCUT2D eigenvalue weighted by Crippen LogP contribution is 2.21. The summed E-state index contributed by atoms with van der Waals surface area (Å²) in [6.45, 7) is 9.06. The summed E-state index contributed by atoms with van der Waals surface area (Å²) in [6, 6.07) is 11.4. The van der Waals surface area contributed by atoms with Crippen molar-refractivity contribution in [3.8, 4) is 0 Å². The normalized spacial score (nSPS) is 20.1. The predicted octanol–water partition coefficient (Wildman–Crippen LogP) is 2.10. The Kier molecular flexibility index (Phi) is 5.83. The number of nitrogens with two attached hydrogens (primary N) is 1. The number of hydrogen-bond donors (Lipinski definition) is 1. The summed E-state index contributed by atoms with van der Waals surface area (Å²) < 4.78 is 0. The molecule has 3 heteroatoms. The Morgan fingerprint density at radius 2 is 1.89 bits per heavy atom. The molecular weight excluding hydrogens is 234 g/mol. The van der Waals surface area contributed by atoms with E-state index in [0.29, 0.717) is 6.04 Å². The second-order valence-electron chi connectivity index (χ2n) is 5.46. The van der Waals surface area contributed by atoms with Gasteiger partial charge in [-0.1, -0.05) is 30.3 Å². The van der Waals surface area contributed by atoms with E-state index in [9.17, 15) is 0 Å². The summed E-state index contributed by atoms with van der Waals surface area (Å²) in [7, 11) is 0. The predicted molar refractivity (Wildman–Crippen MR) is 81.2 cm³/mol. The van der Waals surface area contributed by atoms with Crippen LogP contribution >= 0.6 is 0 Å². The van der Waals surface area contributed by atoms with E-state index in [2.05, 4.69) is 47.1 Å². The van der Waals surface area contributed by atoms with Crippen LogP contribution in [-0.2, 0) is 0 Å². The molecule has 1 heterocycles. The van der Waals surface area contributed by atoms with E-state index >= 15 is 0 Å². The maximum atomic E-state index is 5.60. The summed E-state index contributed by atoms with van der Waals surface area (Å²) in [6.07, 6.45) is 2.38. The van der Waals surface area contributed by atoms with Crippen molar-refractivity contribution in [3.05, 3.63) is 35.9 Å². The zero-order valence-electron chi connectivity index (χ0n) is 12.1. The first kappa shape index (κ1) is 14.5. The van der Waals surface area contributed by atoms with Gasteiger partial charge >= 0.3 is 0 Å². The van der Waals surface area contributed by atoms with Gasteiger partial charge in [-0.25, -0.2) is 0 Å². The lowest BCUT2D eigenvalue weighted by Gasteiger charge is -2.28. The van der Waals surface area contributed by atoms with Crippen molar-refractivity contribution in [2.75, 3.05) is 39.3 Å². The lowest BCUT2D eigenvalue weighted by Crippen LogP contribution is -2.33. The van der Waals surface area contributed by atoms with E-state index in [-0.39, 0.29) is 0 Å². The van der Waals surface area contributed by atoms with Crippen molar-refractivity contribution in [3.63, 3.8) is 0 Å². The third-order valence-corrected chi connectivity index (χ3v) is 4.13. The van der Waals surface area contributed by atoms with Crippen molar-refractivity contribution in [1.29, 1.82) is 0 Å². The van der Waals surface area contributed by atoms with Crippen LogP contribution < -0.4 is 5.73 Å². The molecule has 1 aliphatic rings. The molecule has 1 fully saturated rings. The highest BCUT2D eigenvalue weighted by atomic mass is 15.2. The van der Waals surface area contributed by atoms with Gasteiger partial charge in [0, 0.05) is 25.7 Å². The van der Waals surface area contributed by atoms with Crippen molar-refractivity contribution >= 4 is 0 Å². The second kappa shape index (κ2) is 7.63. The Morgan fingerprint density at radius 1 is 1.11 bits per heavy atom. The topological polar surface area (TPSA) is 32.5 Å². The fourth-order valence-electron chi connectivity index (χ4n) is 2.86. The minimum atomic E-state index is 0.524. The van der Waals surface area contributed by atoms with Crippen molar-refractivity contribution in [2.45, 2.75) is 25.8 Å². The van der Waals surface area contributed by atoms with Gasteiger partial charge in [0.2, 0.25) is 0 Å². The van der Waals surface area contributed by atoms with Crippen molar-refractivity contribution < 1.29 is 0 Å². The summed E-state index contributed by atoms with van der Waals surface area (Å²) in [5, 5.41) is 0. The molecule has 0 bridgehead atoms. The Labute approximate surface area is 117 Å². The molecule has 1 unspecified atom stereocenters. The van der Waals surface area contributed by atoms with Crippen LogP contribution in [0.15, 0.2) is 30.3 Å². The molecule has 0 amide bonds. The van der Waals surface area contributed by atoms with Crippen LogP contribution in [0.5, 0.6) is 0 Å². The van der Waals surface area contributed by atoms with Gasteiger partial charge in [0.15, 0.2) is 0 Å². The quantitative estimate of drug-likeness (QED) is 0.881. The van der Waals surface area contributed by atoms with Gasteiger partial charge in [0.1, 0.15) is 0 Å². The standard InChI is InChI=1S/C16H27N3/c1-15(16-7-3-2-4-8-16)19-12-6-11-18(13-14-19)10-5-9-17/h2-4,7-8,15H,5-6,9-14,17H2,1H3. The van der Waals surface area contributed by atoms with Crippen LogP contribution in [0.4, 0.5) is 0 Å². The molecule has 2 N–H and O–H groups in total. The van der Waals surface area contributed by atoms with Crippen LogP contribution in [0.3, 0.4) is 0 Å². The molecule has 1 aliphatic heterocycles. The fourth-order valence-corrected chi connectivity index (χ4v) is 2.86. The number of nitrogens with zero attached hydrogens (tertiary/aromatic N) is 2. The van der Waals surface area contributed by atoms with Gasteiger partial charge in [0.05, 0.1) is 0 Å². The number of hydrogen-bond acceptors (Lipinski definition) is 3.